The van der Waals surface area contributed by atoms with Crippen molar-refractivity contribution in [3.63, 3.8) is 0 Å². The maximum Gasteiger partial charge on any atom is 0.120 e. The lowest BCUT2D eigenvalue weighted by Gasteiger charge is -2.23. The van der Waals surface area contributed by atoms with E-state index in [1.54, 1.807) is 24.3 Å². The number of hydrogen-bond donors (Lipinski definition) is 2. The molecule has 19 heavy (non-hydrogen) atoms. The minimum absolute atomic E-state index is 0.212. The highest BCUT2D eigenvalue weighted by molar-refractivity contribution is 8.00. The molecule has 1 unspecified atom stereocenters. The summed E-state index contributed by atoms with van der Waals surface area (Å²) in [6.45, 7) is 0.212. The molecule has 0 amide bonds. The van der Waals surface area contributed by atoms with Gasteiger partial charge >= 0.3 is 0 Å². The first-order valence-corrected chi connectivity index (χ1v) is 7.86. The molecule has 5 heteroatoms. The first-order valence-electron chi connectivity index (χ1n) is 6.50. The molecule has 106 valence electrons. The zero-order valence-electron chi connectivity index (χ0n) is 10.7. The van der Waals surface area contributed by atoms with Gasteiger partial charge in [0.2, 0.25) is 0 Å². The number of ether oxygens (including phenoxy) is 1. The summed E-state index contributed by atoms with van der Waals surface area (Å²) in [6, 6.07) is 7.10. The molecule has 0 bridgehead atoms. The molecule has 1 fully saturated rings. The van der Waals surface area contributed by atoms with Gasteiger partial charge in [-0.3, -0.25) is 0 Å². The Balaban J connectivity index is 1.71. The van der Waals surface area contributed by atoms with E-state index in [1.807, 2.05) is 0 Å². The molecule has 3 nitrogen and oxygen atoms in total. The van der Waals surface area contributed by atoms with Crippen LogP contribution < -0.4 is 4.74 Å². The molecule has 0 aliphatic heterocycles. The van der Waals surface area contributed by atoms with Crippen molar-refractivity contribution in [2.45, 2.75) is 36.7 Å². The lowest BCUT2D eigenvalue weighted by molar-refractivity contribution is 0.120. The van der Waals surface area contributed by atoms with Gasteiger partial charge in [0.1, 0.15) is 17.3 Å². The maximum absolute atomic E-state index is 10.2. The monoisotopic (exact) mass is 302 g/mol. The standard InChI is InChI=1S/C14H19ClO3S/c15-11-4-3-5-13(8-11)18-9-12(16)10-19-14(17)6-1-2-7-14/h3-5,8,12,16-17H,1-2,6-7,9-10H2. The molecule has 1 atom stereocenters. The Bertz CT molecular complexity index is 407. The quantitative estimate of drug-likeness (QED) is 0.793. The Morgan fingerprint density at radius 1 is 1.37 bits per heavy atom. The Kier molecular flexibility index (Phi) is 5.39. The van der Waals surface area contributed by atoms with E-state index in [-0.39, 0.29) is 6.61 Å². The first-order chi connectivity index (χ1) is 9.07. The molecular formula is C14H19ClO3S. The normalized spacial score (nSPS) is 19.3. The molecule has 1 aromatic carbocycles. The topological polar surface area (TPSA) is 49.7 Å². The van der Waals surface area contributed by atoms with E-state index < -0.39 is 11.0 Å². The second-order valence-corrected chi connectivity index (χ2v) is 6.70. The van der Waals surface area contributed by atoms with Crippen LogP contribution in [0.2, 0.25) is 5.02 Å². The van der Waals surface area contributed by atoms with E-state index in [0.717, 1.165) is 25.7 Å². The zero-order chi connectivity index (χ0) is 13.7. The second-order valence-electron chi connectivity index (χ2n) is 4.89. The van der Waals surface area contributed by atoms with Gasteiger partial charge in [0.05, 0.1) is 6.10 Å². The van der Waals surface area contributed by atoms with Gasteiger partial charge in [-0.05, 0) is 43.9 Å². The van der Waals surface area contributed by atoms with Crippen LogP contribution in [0.25, 0.3) is 0 Å². The summed E-state index contributed by atoms with van der Waals surface area (Å²) in [7, 11) is 0. The Morgan fingerprint density at radius 3 is 2.79 bits per heavy atom. The van der Waals surface area contributed by atoms with Crippen molar-refractivity contribution in [3.05, 3.63) is 29.3 Å². The van der Waals surface area contributed by atoms with E-state index in [1.165, 1.54) is 11.8 Å². The largest absolute Gasteiger partial charge is 0.491 e. The Hall–Kier alpha value is -0.420. The van der Waals surface area contributed by atoms with Gasteiger partial charge in [0.15, 0.2) is 0 Å². The van der Waals surface area contributed by atoms with E-state index >= 15 is 0 Å². The van der Waals surface area contributed by atoms with Crippen LogP contribution in [0, 0.1) is 0 Å². The molecule has 0 aromatic heterocycles. The van der Waals surface area contributed by atoms with Crippen LogP contribution in [0.5, 0.6) is 5.75 Å². The van der Waals surface area contributed by atoms with Gasteiger partial charge in [-0.15, -0.1) is 11.8 Å². The predicted octanol–water partition coefficient (Wildman–Crippen LogP) is 3.08. The van der Waals surface area contributed by atoms with Crippen molar-refractivity contribution >= 4 is 23.4 Å². The van der Waals surface area contributed by atoms with Crippen molar-refractivity contribution in [2.75, 3.05) is 12.4 Å². The summed E-state index contributed by atoms with van der Waals surface area (Å²) >= 11 is 7.28. The maximum atomic E-state index is 10.2. The average Bonchev–Trinajstić information content (AvgIpc) is 2.82. The van der Waals surface area contributed by atoms with Crippen molar-refractivity contribution in [1.82, 2.24) is 0 Å². The van der Waals surface area contributed by atoms with E-state index in [2.05, 4.69) is 0 Å². The van der Waals surface area contributed by atoms with E-state index in [0.29, 0.717) is 16.5 Å². The van der Waals surface area contributed by atoms with Gasteiger partial charge in [-0.25, -0.2) is 0 Å². The third-order valence-corrected chi connectivity index (χ3v) is 4.90. The third-order valence-electron chi connectivity index (χ3n) is 3.17. The van der Waals surface area contributed by atoms with Crippen LogP contribution in [0.4, 0.5) is 0 Å². The third kappa shape index (κ3) is 4.88. The molecule has 1 aliphatic carbocycles. The number of hydrogen-bond acceptors (Lipinski definition) is 4. The molecule has 0 saturated heterocycles. The van der Waals surface area contributed by atoms with Crippen molar-refractivity contribution in [1.29, 1.82) is 0 Å². The molecule has 2 N–H and O–H groups in total. The Morgan fingerprint density at radius 2 is 2.11 bits per heavy atom. The highest BCUT2D eigenvalue weighted by atomic mass is 35.5. The molecule has 1 aromatic rings. The summed E-state index contributed by atoms with van der Waals surface area (Å²) in [5.74, 6) is 1.13. The second kappa shape index (κ2) is 6.84. The minimum Gasteiger partial charge on any atom is -0.491 e. The van der Waals surface area contributed by atoms with E-state index in [9.17, 15) is 10.2 Å². The van der Waals surface area contributed by atoms with Crippen molar-refractivity contribution in [3.8, 4) is 5.75 Å². The van der Waals surface area contributed by atoms with Crippen LogP contribution in [0.15, 0.2) is 24.3 Å². The minimum atomic E-state index is -0.642. The van der Waals surface area contributed by atoms with Crippen molar-refractivity contribution in [2.24, 2.45) is 0 Å². The highest BCUT2D eigenvalue weighted by Crippen LogP contribution is 2.39. The molecule has 1 saturated carbocycles. The van der Waals surface area contributed by atoms with Crippen LogP contribution in [0.1, 0.15) is 25.7 Å². The van der Waals surface area contributed by atoms with Crippen molar-refractivity contribution < 1.29 is 14.9 Å². The number of benzene rings is 1. The fourth-order valence-corrected chi connectivity index (χ4v) is 3.48. The van der Waals surface area contributed by atoms with E-state index in [4.69, 9.17) is 16.3 Å². The Labute approximate surface area is 122 Å². The van der Waals surface area contributed by atoms with Crippen LogP contribution >= 0.6 is 23.4 Å². The van der Waals surface area contributed by atoms with Crippen LogP contribution in [-0.2, 0) is 0 Å². The number of halogens is 1. The molecule has 0 radical (unpaired) electrons. The number of thioether (sulfide) groups is 1. The number of rotatable bonds is 6. The molecule has 0 heterocycles. The number of aliphatic hydroxyl groups is 2. The van der Waals surface area contributed by atoms with Gasteiger partial charge in [-0.2, -0.15) is 0 Å². The fraction of sp³-hybridized carbons (Fsp3) is 0.571. The highest BCUT2D eigenvalue weighted by Gasteiger charge is 2.32. The summed E-state index contributed by atoms with van der Waals surface area (Å²) in [6.07, 6.45) is 3.18. The SMILES string of the molecule is OC(COc1cccc(Cl)c1)CSC1(O)CCCC1. The lowest BCUT2D eigenvalue weighted by atomic mass is 10.3. The zero-order valence-corrected chi connectivity index (χ0v) is 12.3. The summed E-state index contributed by atoms with van der Waals surface area (Å²) < 4.78 is 5.47. The molecule has 2 rings (SSSR count). The molecule has 0 spiro atoms. The van der Waals surface area contributed by atoms with Crippen LogP contribution in [-0.4, -0.2) is 33.6 Å². The number of aliphatic hydroxyl groups excluding tert-OH is 1. The summed E-state index contributed by atoms with van der Waals surface area (Å²) in [5.41, 5.74) is 0. The van der Waals surface area contributed by atoms with Gasteiger partial charge in [0, 0.05) is 10.8 Å². The first kappa shape index (κ1) is 15.0. The molecular weight excluding hydrogens is 284 g/mol. The average molecular weight is 303 g/mol. The predicted molar refractivity (Wildman–Crippen MR) is 78.8 cm³/mol. The van der Waals surface area contributed by atoms with Gasteiger partial charge in [-0.1, -0.05) is 17.7 Å². The smallest absolute Gasteiger partial charge is 0.120 e. The van der Waals surface area contributed by atoms with Crippen LogP contribution in [0.3, 0.4) is 0 Å². The van der Waals surface area contributed by atoms with Gasteiger partial charge in [0.25, 0.3) is 0 Å². The fourth-order valence-electron chi connectivity index (χ4n) is 2.12. The van der Waals surface area contributed by atoms with Gasteiger partial charge < -0.3 is 14.9 Å². The summed E-state index contributed by atoms with van der Waals surface area (Å²) in [4.78, 5) is -0.642. The summed E-state index contributed by atoms with van der Waals surface area (Å²) in [5, 5.41) is 20.6. The lowest BCUT2D eigenvalue weighted by Crippen LogP contribution is -2.26. The molecule has 1 aliphatic rings.